The Morgan fingerprint density at radius 2 is 1.73 bits per heavy atom. The van der Waals surface area contributed by atoms with Gasteiger partial charge < -0.3 is 4.57 Å². The van der Waals surface area contributed by atoms with Crippen LogP contribution in [-0.2, 0) is 0 Å². The summed E-state index contributed by atoms with van der Waals surface area (Å²) in [4.78, 5) is 4.41. The molecule has 0 aliphatic heterocycles. The van der Waals surface area contributed by atoms with Crippen molar-refractivity contribution in [2.24, 2.45) is 0 Å². The minimum absolute atomic E-state index is 0.929. The highest BCUT2D eigenvalue weighted by Crippen LogP contribution is 2.25. The van der Waals surface area contributed by atoms with E-state index in [0.29, 0.717) is 0 Å². The Bertz CT molecular complexity index is 484. The Hall–Kier alpha value is -0.610. The summed E-state index contributed by atoms with van der Waals surface area (Å²) in [6.07, 6.45) is 1.80. The monoisotopic (exact) mass is 328 g/mol. The van der Waals surface area contributed by atoms with E-state index in [4.69, 9.17) is 0 Å². The lowest BCUT2D eigenvalue weighted by Gasteiger charge is -2.10. The van der Waals surface area contributed by atoms with Gasteiger partial charge in [0, 0.05) is 22.1 Å². The normalized spacial score (nSPS) is 10.7. The van der Waals surface area contributed by atoms with Gasteiger partial charge in [-0.1, -0.05) is 0 Å². The van der Waals surface area contributed by atoms with Crippen LogP contribution in [0.15, 0.2) is 33.3 Å². The predicted octanol–water partition coefficient (Wildman–Crippen LogP) is 4.01. The van der Waals surface area contributed by atoms with Gasteiger partial charge in [0.2, 0.25) is 0 Å². The molecule has 0 saturated heterocycles. The lowest BCUT2D eigenvalue weighted by atomic mass is 10.4. The third-order valence-corrected chi connectivity index (χ3v) is 3.29. The van der Waals surface area contributed by atoms with E-state index in [1.54, 1.807) is 6.20 Å². The first kappa shape index (κ1) is 10.9. The largest absolute Gasteiger partial charge is 0.302 e. The van der Waals surface area contributed by atoms with Crippen LogP contribution in [-0.4, -0.2) is 9.55 Å². The summed E-state index contributed by atoms with van der Waals surface area (Å²) >= 11 is 6.92. The highest BCUT2D eigenvalue weighted by atomic mass is 79.9. The van der Waals surface area contributed by atoms with E-state index in [9.17, 15) is 0 Å². The standard InChI is InChI=1S/C11H10Br2N2/c1-7-3-4-8(2)15(7)11-10(13)5-9(12)6-14-11/h3-6H,1-2H3. The van der Waals surface area contributed by atoms with Crippen molar-refractivity contribution >= 4 is 31.9 Å². The average molecular weight is 330 g/mol. The van der Waals surface area contributed by atoms with E-state index in [2.05, 4.69) is 67.4 Å². The minimum Gasteiger partial charge on any atom is -0.302 e. The zero-order chi connectivity index (χ0) is 11.0. The summed E-state index contributed by atoms with van der Waals surface area (Å²) in [6, 6.07) is 6.18. The summed E-state index contributed by atoms with van der Waals surface area (Å²) in [5.41, 5.74) is 2.37. The fourth-order valence-corrected chi connectivity index (χ4v) is 2.74. The molecule has 78 valence electrons. The molecule has 2 heterocycles. The molecule has 0 radical (unpaired) electrons. The van der Waals surface area contributed by atoms with E-state index in [0.717, 1.165) is 14.8 Å². The van der Waals surface area contributed by atoms with Gasteiger partial charge in [0.05, 0.1) is 4.47 Å². The van der Waals surface area contributed by atoms with Crippen LogP contribution in [0.25, 0.3) is 5.82 Å². The molecule has 0 spiro atoms. The van der Waals surface area contributed by atoms with Crippen molar-refractivity contribution in [1.29, 1.82) is 0 Å². The van der Waals surface area contributed by atoms with Crippen molar-refractivity contribution in [2.45, 2.75) is 13.8 Å². The molecule has 0 atom stereocenters. The Morgan fingerprint density at radius 3 is 2.27 bits per heavy atom. The zero-order valence-electron chi connectivity index (χ0n) is 8.46. The van der Waals surface area contributed by atoms with Gasteiger partial charge in [-0.25, -0.2) is 4.98 Å². The molecule has 2 aromatic heterocycles. The SMILES string of the molecule is Cc1ccc(C)n1-c1ncc(Br)cc1Br. The van der Waals surface area contributed by atoms with E-state index in [1.165, 1.54) is 11.4 Å². The minimum atomic E-state index is 0.929. The van der Waals surface area contributed by atoms with Crippen LogP contribution in [0.3, 0.4) is 0 Å². The lowest BCUT2D eigenvalue weighted by Crippen LogP contribution is -2.02. The molecule has 0 saturated carbocycles. The number of aromatic nitrogens is 2. The zero-order valence-corrected chi connectivity index (χ0v) is 11.6. The molecule has 4 heteroatoms. The van der Waals surface area contributed by atoms with Crippen molar-refractivity contribution in [3.8, 4) is 5.82 Å². The highest BCUT2D eigenvalue weighted by molar-refractivity contribution is 9.11. The summed E-state index contributed by atoms with van der Waals surface area (Å²) in [6.45, 7) is 4.15. The average Bonchev–Trinajstić information content (AvgIpc) is 2.48. The lowest BCUT2D eigenvalue weighted by molar-refractivity contribution is 0.914. The van der Waals surface area contributed by atoms with Gasteiger partial charge in [-0.3, -0.25) is 0 Å². The number of rotatable bonds is 1. The summed E-state index contributed by atoms with van der Waals surface area (Å²) in [5, 5.41) is 0. The smallest absolute Gasteiger partial charge is 0.151 e. The molecule has 0 unspecified atom stereocenters. The molecular formula is C11H10Br2N2. The first-order chi connectivity index (χ1) is 7.09. The van der Waals surface area contributed by atoms with E-state index >= 15 is 0 Å². The van der Waals surface area contributed by atoms with Crippen molar-refractivity contribution in [1.82, 2.24) is 9.55 Å². The van der Waals surface area contributed by atoms with Crippen LogP contribution in [0.1, 0.15) is 11.4 Å². The van der Waals surface area contributed by atoms with Crippen molar-refractivity contribution < 1.29 is 0 Å². The maximum Gasteiger partial charge on any atom is 0.151 e. The molecule has 2 rings (SSSR count). The molecule has 0 amide bonds. The third kappa shape index (κ3) is 2.01. The van der Waals surface area contributed by atoms with E-state index < -0.39 is 0 Å². The predicted molar refractivity (Wildman–Crippen MR) is 68.4 cm³/mol. The molecule has 0 N–H and O–H groups in total. The molecule has 15 heavy (non-hydrogen) atoms. The van der Waals surface area contributed by atoms with Gasteiger partial charge in [-0.15, -0.1) is 0 Å². The second kappa shape index (κ2) is 4.10. The highest BCUT2D eigenvalue weighted by Gasteiger charge is 2.08. The summed E-state index contributed by atoms with van der Waals surface area (Å²) < 4.78 is 4.08. The van der Waals surface area contributed by atoms with Crippen LogP contribution < -0.4 is 0 Å². The first-order valence-electron chi connectivity index (χ1n) is 4.56. The van der Waals surface area contributed by atoms with Crippen molar-refractivity contribution in [2.75, 3.05) is 0 Å². The number of nitrogens with zero attached hydrogens (tertiary/aromatic N) is 2. The third-order valence-electron chi connectivity index (χ3n) is 2.27. The Balaban J connectivity index is 2.64. The van der Waals surface area contributed by atoms with Crippen LogP contribution in [0.2, 0.25) is 0 Å². The fourth-order valence-electron chi connectivity index (χ4n) is 1.57. The maximum atomic E-state index is 4.41. The number of hydrogen-bond acceptors (Lipinski definition) is 1. The van der Waals surface area contributed by atoms with Gasteiger partial charge in [-0.05, 0) is 63.9 Å². The van der Waals surface area contributed by atoms with Gasteiger partial charge in [0.15, 0.2) is 5.82 Å². The number of aryl methyl sites for hydroxylation is 2. The maximum absolute atomic E-state index is 4.41. The summed E-state index contributed by atoms with van der Waals surface area (Å²) in [5.74, 6) is 0.929. The number of halogens is 2. The van der Waals surface area contributed by atoms with E-state index in [1.807, 2.05) is 6.07 Å². The van der Waals surface area contributed by atoms with Gasteiger partial charge in [0.25, 0.3) is 0 Å². The Labute approximate surface area is 106 Å². The fraction of sp³-hybridized carbons (Fsp3) is 0.182. The topological polar surface area (TPSA) is 17.8 Å². The van der Waals surface area contributed by atoms with Gasteiger partial charge in [-0.2, -0.15) is 0 Å². The molecule has 0 aliphatic carbocycles. The second-order valence-electron chi connectivity index (χ2n) is 3.41. The Kier molecular flexibility index (Phi) is 2.98. The molecule has 2 nitrogen and oxygen atoms in total. The summed E-state index contributed by atoms with van der Waals surface area (Å²) in [7, 11) is 0. The molecule has 0 bridgehead atoms. The molecule has 2 aromatic rings. The van der Waals surface area contributed by atoms with Crippen LogP contribution in [0.5, 0.6) is 0 Å². The second-order valence-corrected chi connectivity index (χ2v) is 5.18. The van der Waals surface area contributed by atoms with Crippen molar-refractivity contribution in [3.63, 3.8) is 0 Å². The number of hydrogen-bond donors (Lipinski definition) is 0. The van der Waals surface area contributed by atoms with E-state index in [-0.39, 0.29) is 0 Å². The van der Waals surface area contributed by atoms with Gasteiger partial charge in [0.1, 0.15) is 0 Å². The molecular weight excluding hydrogens is 320 g/mol. The Morgan fingerprint density at radius 1 is 1.13 bits per heavy atom. The van der Waals surface area contributed by atoms with Gasteiger partial charge >= 0.3 is 0 Å². The quantitative estimate of drug-likeness (QED) is 0.772. The molecule has 0 aliphatic rings. The molecule has 0 aromatic carbocycles. The molecule has 0 fully saturated rings. The van der Waals surface area contributed by atoms with Crippen molar-refractivity contribution in [3.05, 3.63) is 44.7 Å². The van der Waals surface area contributed by atoms with Crippen LogP contribution in [0.4, 0.5) is 0 Å². The first-order valence-corrected chi connectivity index (χ1v) is 6.14. The number of pyridine rings is 1. The van der Waals surface area contributed by atoms with Crippen LogP contribution in [0, 0.1) is 13.8 Å². The van der Waals surface area contributed by atoms with Crippen LogP contribution >= 0.6 is 31.9 Å².